The number of nitrogens with zero attached hydrogens (tertiary/aromatic N) is 2. The van der Waals surface area contributed by atoms with Crippen LogP contribution < -0.4 is 4.72 Å². The van der Waals surface area contributed by atoms with Gasteiger partial charge in [0.1, 0.15) is 6.07 Å². The van der Waals surface area contributed by atoms with Crippen LogP contribution in [0, 0.1) is 11.3 Å². The highest BCUT2D eigenvalue weighted by Crippen LogP contribution is 2.24. The van der Waals surface area contributed by atoms with Gasteiger partial charge in [-0.25, -0.2) is 13.4 Å². The van der Waals surface area contributed by atoms with Crippen LogP contribution in [-0.4, -0.2) is 13.4 Å². The second-order valence-corrected chi connectivity index (χ2v) is 6.19. The van der Waals surface area contributed by atoms with Crippen LogP contribution in [-0.2, 0) is 10.0 Å². The molecule has 0 spiro atoms. The minimum Gasteiger partial charge on any atom is -0.262 e. The summed E-state index contributed by atoms with van der Waals surface area (Å²) in [5.74, 6) is 0.0228. The number of benzene rings is 1. The molecule has 0 bridgehead atoms. The van der Waals surface area contributed by atoms with Crippen molar-refractivity contribution in [3.8, 4) is 6.07 Å². The van der Waals surface area contributed by atoms with E-state index in [0.29, 0.717) is 0 Å². The van der Waals surface area contributed by atoms with Gasteiger partial charge in [0.25, 0.3) is 10.0 Å². The Hall–Kier alpha value is -1.81. The molecule has 0 aliphatic carbocycles. The van der Waals surface area contributed by atoms with Crippen LogP contribution in [0.4, 0.5) is 5.82 Å². The molecule has 20 heavy (non-hydrogen) atoms. The molecular weight excluding hydrogens is 321 g/mol. The van der Waals surface area contributed by atoms with E-state index in [9.17, 15) is 8.42 Å². The molecule has 5 nitrogen and oxygen atoms in total. The molecule has 0 saturated carbocycles. The third-order valence-corrected chi connectivity index (χ3v) is 4.32. The maximum atomic E-state index is 12.2. The van der Waals surface area contributed by atoms with E-state index >= 15 is 0 Å². The maximum Gasteiger partial charge on any atom is 0.263 e. The molecule has 0 unspecified atom stereocenters. The van der Waals surface area contributed by atoms with Crippen molar-refractivity contribution in [2.75, 3.05) is 4.72 Å². The average Bonchev–Trinajstić information content (AvgIpc) is 2.41. The highest BCUT2D eigenvalue weighted by atomic mass is 35.5. The van der Waals surface area contributed by atoms with Crippen LogP contribution in [0.15, 0.2) is 41.4 Å². The molecule has 0 amide bonds. The first-order valence-corrected chi connectivity index (χ1v) is 7.51. The van der Waals surface area contributed by atoms with Gasteiger partial charge in [0.05, 0.1) is 20.5 Å². The molecule has 0 saturated heterocycles. The van der Waals surface area contributed by atoms with Crippen molar-refractivity contribution in [3.63, 3.8) is 0 Å². The van der Waals surface area contributed by atoms with Crippen LogP contribution in [0.2, 0.25) is 10.0 Å². The number of anilines is 1. The molecule has 0 atom stereocenters. The van der Waals surface area contributed by atoms with E-state index < -0.39 is 10.0 Å². The van der Waals surface area contributed by atoms with Gasteiger partial charge >= 0.3 is 0 Å². The van der Waals surface area contributed by atoms with Crippen molar-refractivity contribution in [1.29, 1.82) is 5.26 Å². The van der Waals surface area contributed by atoms with Gasteiger partial charge in [-0.2, -0.15) is 5.26 Å². The third-order valence-electron chi connectivity index (χ3n) is 2.36. The zero-order valence-corrected chi connectivity index (χ0v) is 12.2. The Morgan fingerprint density at radius 2 is 1.95 bits per heavy atom. The van der Waals surface area contributed by atoms with E-state index in [-0.39, 0.29) is 26.3 Å². The van der Waals surface area contributed by atoms with Gasteiger partial charge in [-0.1, -0.05) is 23.2 Å². The minimum atomic E-state index is -3.87. The number of sulfonamides is 1. The van der Waals surface area contributed by atoms with E-state index in [4.69, 9.17) is 28.5 Å². The van der Waals surface area contributed by atoms with Crippen molar-refractivity contribution in [2.45, 2.75) is 4.90 Å². The summed E-state index contributed by atoms with van der Waals surface area (Å²) in [5.41, 5.74) is 0.196. The summed E-state index contributed by atoms with van der Waals surface area (Å²) in [6.07, 6.45) is 1.41. The van der Waals surface area contributed by atoms with Gasteiger partial charge in [-0.05, 0) is 30.3 Å². The Kier molecular flexibility index (Phi) is 4.14. The van der Waals surface area contributed by atoms with Gasteiger partial charge in [0, 0.05) is 6.20 Å². The lowest BCUT2D eigenvalue weighted by Gasteiger charge is -2.09. The molecule has 0 aliphatic rings. The monoisotopic (exact) mass is 327 g/mol. The Morgan fingerprint density at radius 3 is 2.55 bits per heavy atom. The molecule has 1 aromatic carbocycles. The third kappa shape index (κ3) is 3.02. The van der Waals surface area contributed by atoms with Gasteiger partial charge in [0.15, 0.2) is 5.82 Å². The van der Waals surface area contributed by atoms with E-state index in [0.717, 1.165) is 0 Å². The number of hydrogen-bond acceptors (Lipinski definition) is 4. The van der Waals surface area contributed by atoms with E-state index in [1.54, 1.807) is 6.07 Å². The molecular formula is C12H7Cl2N3O2S. The summed E-state index contributed by atoms with van der Waals surface area (Å²) >= 11 is 11.7. The fourth-order valence-electron chi connectivity index (χ4n) is 1.40. The predicted octanol–water partition coefficient (Wildman–Crippen LogP) is 3.06. The number of aromatic nitrogens is 1. The number of nitriles is 1. The van der Waals surface area contributed by atoms with Crippen molar-refractivity contribution in [3.05, 3.63) is 52.1 Å². The predicted molar refractivity (Wildman–Crippen MR) is 76.2 cm³/mol. The summed E-state index contributed by atoms with van der Waals surface area (Å²) in [5, 5.41) is 8.99. The smallest absolute Gasteiger partial charge is 0.262 e. The second-order valence-electron chi connectivity index (χ2n) is 3.69. The Labute approximate surface area is 125 Å². The van der Waals surface area contributed by atoms with E-state index in [1.165, 1.54) is 30.5 Å². The summed E-state index contributed by atoms with van der Waals surface area (Å²) in [6, 6.07) is 8.75. The number of hydrogen-bond donors (Lipinski definition) is 1. The topological polar surface area (TPSA) is 82.8 Å². The summed E-state index contributed by atoms with van der Waals surface area (Å²) in [7, 11) is -3.87. The standard InChI is InChI=1S/C12H7Cl2N3O2S/c13-10-2-1-5-16-12(10)17-20(18,19)9-4-3-8(7-15)11(14)6-9/h1-6H,(H,16,17). The summed E-state index contributed by atoms with van der Waals surface area (Å²) < 4.78 is 26.6. The van der Waals surface area contributed by atoms with Crippen LogP contribution in [0.5, 0.6) is 0 Å². The van der Waals surface area contributed by atoms with Crippen molar-refractivity contribution >= 4 is 39.0 Å². The lowest BCUT2D eigenvalue weighted by molar-refractivity contribution is 0.601. The molecule has 1 heterocycles. The molecule has 2 rings (SSSR count). The molecule has 1 N–H and O–H groups in total. The molecule has 102 valence electrons. The lowest BCUT2D eigenvalue weighted by Crippen LogP contribution is -2.14. The molecule has 0 aliphatic heterocycles. The highest BCUT2D eigenvalue weighted by molar-refractivity contribution is 7.92. The van der Waals surface area contributed by atoms with Gasteiger partial charge in [-0.3, -0.25) is 4.72 Å². The van der Waals surface area contributed by atoms with Crippen molar-refractivity contribution in [1.82, 2.24) is 4.98 Å². The van der Waals surface area contributed by atoms with Gasteiger partial charge in [-0.15, -0.1) is 0 Å². The zero-order chi connectivity index (χ0) is 14.8. The number of halogens is 2. The average molecular weight is 328 g/mol. The fourth-order valence-corrected chi connectivity index (χ4v) is 2.97. The Bertz CT molecular complexity index is 801. The number of rotatable bonds is 3. The first-order chi connectivity index (χ1) is 9.44. The number of pyridine rings is 1. The summed E-state index contributed by atoms with van der Waals surface area (Å²) in [4.78, 5) is 3.76. The molecule has 2 aromatic rings. The Morgan fingerprint density at radius 1 is 1.20 bits per heavy atom. The number of nitrogens with one attached hydrogen (secondary N) is 1. The van der Waals surface area contributed by atoms with Crippen LogP contribution in [0.3, 0.4) is 0 Å². The second kappa shape index (κ2) is 5.67. The van der Waals surface area contributed by atoms with E-state index in [1.807, 2.05) is 6.07 Å². The van der Waals surface area contributed by atoms with E-state index in [2.05, 4.69) is 9.71 Å². The lowest BCUT2D eigenvalue weighted by atomic mass is 10.2. The minimum absolute atomic E-state index is 0.0228. The van der Waals surface area contributed by atoms with Crippen LogP contribution >= 0.6 is 23.2 Å². The SMILES string of the molecule is N#Cc1ccc(S(=O)(=O)Nc2ncccc2Cl)cc1Cl. The normalized spacial score (nSPS) is 10.8. The summed E-state index contributed by atoms with van der Waals surface area (Å²) in [6.45, 7) is 0. The van der Waals surface area contributed by atoms with Crippen molar-refractivity contribution in [2.24, 2.45) is 0 Å². The largest absolute Gasteiger partial charge is 0.263 e. The van der Waals surface area contributed by atoms with Crippen molar-refractivity contribution < 1.29 is 8.42 Å². The molecule has 0 radical (unpaired) electrons. The fraction of sp³-hybridized carbons (Fsp3) is 0. The molecule has 1 aromatic heterocycles. The quantitative estimate of drug-likeness (QED) is 0.939. The highest BCUT2D eigenvalue weighted by Gasteiger charge is 2.17. The van der Waals surface area contributed by atoms with Gasteiger partial charge < -0.3 is 0 Å². The van der Waals surface area contributed by atoms with Crippen LogP contribution in [0.25, 0.3) is 0 Å². The first-order valence-electron chi connectivity index (χ1n) is 5.27. The first kappa shape index (κ1) is 14.6. The molecule has 0 fully saturated rings. The zero-order valence-electron chi connectivity index (χ0n) is 9.84. The van der Waals surface area contributed by atoms with Crippen LogP contribution in [0.1, 0.15) is 5.56 Å². The maximum absolute atomic E-state index is 12.2. The van der Waals surface area contributed by atoms with Gasteiger partial charge in [0.2, 0.25) is 0 Å². The Balaban J connectivity index is 2.39. The molecule has 8 heteroatoms.